The van der Waals surface area contributed by atoms with Crippen LogP contribution in [0.3, 0.4) is 0 Å². The molecule has 21 heavy (non-hydrogen) atoms. The maximum Gasteiger partial charge on any atom is 0.231 e. The van der Waals surface area contributed by atoms with Gasteiger partial charge in [-0.05, 0) is 23.8 Å². The summed E-state index contributed by atoms with van der Waals surface area (Å²) in [6.45, 7) is 2.40. The van der Waals surface area contributed by atoms with E-state index in [-0.39, 0.29) is 12.7 Å². The minimum absolute atomic E-state index is 0.181. The Morgan fingerprint density at radius 3 is 2.24 bits per heavy atom. The monoisotopic (exact) mass is 286 g/mol. The van der Waals surface area contributed by atoms with Crippen LogP contribution in [-0.2, 0) is 0 Å². The zero-order valence-corrected chi connectivity index (χ0v) is 12.4. The predicted octanol–water partition coefficient (Wildman–Crippen LogP) is 3.58. The van der Waals surface area contributed by atoms with E-state index in [1.807, 2.05) is 24.3 Å². The van der Waals surface area contributed by atoms with Crippen LogP contribution in [0, 0.1) is 0 Å². The molecule has 1 atom stereocenters. The van der Waals surface area contributed by atoms with Crippen molar-refractivity contribution in [2.75, 3.05) is 21.0 Å². The van der Waals surface area contributed by atoms with E-state index in [1.54, 1.807) is 14.2 Å². The number of benzene rings is 2. The third-order valence-electron chi connectivity index (χ3n) is 3.81. The summed E-state index contributed by atoms with van der Waals surface area (Å²) < 4.78 is 21.6. The summed E-state index contributed by atoms with van der Waals surface area (Å²) in [5.74, 6) is 3.34. The lowest BCUT2D eigenvalue weighted by Gasteiger charge is -2.17. The highest BCUT2D eigenvalue weighted by molar-refractivity contribution is 5.54. The number of ether oxygens (including phenoxy) is 4. The average molecular weight is 286 g/mol. The Bertz CT molecular complexity index is 634. The number of rotatable bonds is 4. The Hall–Kier alpha value is -2.36. The third kappa shape index (κ3) is 2.49. The smallest absolute Gasteiger partial charge is 0.231 e. The van der Waals surface area contributed by atoms with E-state index in [9.17, 15) is 0 Å². The van der Waals surface area contributed by atoms with Crippen LogP contribution in [0.1, 0.15) is 24.0 Å². The van der Waals surface area contributed by atoms with Gasteiger partial charge in [-0.3, -0.25) is 0 Å². The molecule has 0 fully saturated rings. The maximum absolute atomic E-state index is 5.50. The third-order valence-corrected chi connectivity index (χ3v) is 3.81. The molecule has 0 saturated carbocycles. The summed E-state index contributed by atoms with van der Waals surface area (Å²) in [4.78, 5) is 0. The Morgan fingerprint density at radius 2 is 1.62 bits per heavy atom. The second-order valence-corrected chi connectivity index (χ2v) is 4.94. The molecule has 2 aromatic rings. The molecule has 1 heterocycles. The van der Waals surface area contributed by atoms with E-state index < -0.39 is 0 Å². The van der Waals surface area contributed by atoms with Crippen LogP contribution in [0.2, 0.25) is 0 Å². The summed E-state index contributed by atoms with van der Waals surface area (Å²) in [6.07, 6.45) is 0. The Balaban J connectivity index is 1.98. The molecule has 0 bridgehead atoms. The van der Waals surface area contributed by atoms with E-state index in [2.05, 4.69) is 19.1 Å². The summed E-state index contributed by atoms with van der Waals surface area (Å²) >= 11 is 0. The summed E-state index contributed by atoms with van der Waals surface area (Å²) in [7, 11) is 3.33. The van der Waals surface area contributed by atoms with Gasteiger partial charge in [0.1, 0.15) is 11.5 Å². The van der Waals surface area contributed by atoms with Gasteiger partial charge in [0, 0.05) is 17.5 Å². The summed E-state index contributed by atoms with van der Waals surface area (Å²) in [5.41, 5.74) is 2.26. The molecular formula is C17H18O4. The molecule has 0 spiro atoms. The quantitative estimate of drug-likeness (QED) is 0.860. The highest BCUT2D eigenvalue weighted by Crippen LogP contribution is 2.42. The molecule has 4 nitrogen and oxygen atoms in total. The van der Waals surface area contributed by atoms with Gasteiger partial charge in [0.15, 0.2) is 11.5 Å². The molecular weight excluding hydrogens is 268 g/mol. The normalized spacial score (nSPS) is 13.9. The first-order chi connectivity index (χ1) is 10.2. The van der Waals surface area contributed by atoms with Crippen molar-refractivity contribution >= 4 is 0 Å². The molecule has 2 aromatic carbocycles. The van der Waals surface area contributed by atoms with Crippen molar-refractivity contribution in [2.24, 2.45) is 0 Å². The minimum Gasteiger partial charge on any atom is -0.497 e. The molecule has 1 aliphatic rings. The van der Waals surface area contributed by atoms with E-state index in [4.69, 9.17) is 18.9 Å². The van der Waals surface area contributed by atoms with Crippen molar-refractivity contribution in [1.29, 1.82) is 0 Å². The molecule has 0 amide bonds. The lowest BCUT2D eigenvalue weighted by Crippen LogP contribution is -2.00. The van der Waals surface area contributed by atoms with E-state index in [0.29, 0.717) is 0 Å². The standard InChI is InChI=1S/C17H18O4/c1-11(12-4-6-13(18-2)7-5-12)14-8-16-17(21-10-20-16)9-15(14)19-3/h4-9,11H,10H2,1-3H3/t11-/m0/s1. The number of fused-ring (bicyclic) bond motifs is 1. The SMILES string of the molecule is COc1ccc([C@H](C)c2cc3c(cc2OC)OCO3)cc1. The van der Waals surface area contributed by atoms with Crippen LogP contribution in [0.15, 0.2) is 36.4 Å². The Kier molecular flexibility index (Phi) is 3.60. The Morgan fingerprint density at radius 1 is 0.952 bits per heavy atom. The maximum atomic E-state index is 5.50. The molecule has 0 N–H and O–H groups in total. The Labute approximate surface area is 124 Å². The minimum atomic E-state index is 0.181. The van der Waals surface area contributed by atoms with Crippen LogP contribution in [0.4, 0.5) is 0 Å². The van der Waals surface area contributed by atoms with Gasteiger partial charge in [-0.2, -0.15) is 0 Å². The first-order valence-corrected chi connectivity index (χ1v) is 6.84. The van der Waals surface area contributed by atoms with Gasteiger partial charge >= 0.3 is 0 Å². The lowest BCUT2D eigenvalue weighted by molar-refractivity contribution is 0.174. The van der Waals surface area contributed by atoms with Crippen LogP contribution < -0.4 is 18.9 Å². The van der Waals surface area contributed by atoms with Gasteiger partial charge < -0.3 is 18.9 Å². The molecule has 110 valence electrons. The van der Waals surface area contributed by atoms with Crippen LogP contribution in [0.5, 0.6) is 23.0 Å². The van der Waals surface area contributed by atoms with E-state index in [1.165, 1.54) is 5.56 Å². The van der Waals surface area contributed by atoms with Crippen molar-refractivity contribution in [3.8, 4) is 23.0 Å². The fourth-order valence-corrected chi connectivity index (χ4v) is 2.53. The molecule has 0 aliphatic carbocycles. The van der Waals surface area contributed by atoms with Gasteiger partial charge in [-0.1, -0.05) is 19.1 Å². The van der Waals surface area contributed by atoms with Crippen LogP contribution in [-0.4, -0.2) is 21.0 Å². The lowest BCUT2D eigenvalue weighted by atomic mass is 9.92. The zero-order chi connectivity index (χ0) is 14.8. The van der Waals surface area contributed by atoms with Crippen molar-refractivity contribution in [2.45, 2.75) is 12.8 Å². The predicted molar refractivity (Wildman–Crippen MR) is 79.6 cm³/mol. The van der Waals surface area contributed by atoms with Crippen molar-refractivity contribution in [3.05, 3.63) is 47.5 Å². The fraction of sp³-hybridized carbons (Fsp3) is 0.294. The summed E-state index contributed by atoms with van der Waals surface area (Å²) in [6, 6.07) is 11.9. The topological polar surface area (TPSA) is 36.9 Å². The molecule has 4 heteroatoms. The average Bonchev–Trinajstić information content (AvgIpc) is 3.00. The summed E-state index contributed by atoms with van der Waals surface area (Å²) in [5, 5.41) is 0. The van der Waals surface area contributed by atoms with Crippen molar-refractivity contribution in [1.82, 2.24) is 0 Å². The largest absolute Gasteiger partial charge is 0.497 e. The van der Waals surface area contributed by atoms with Gasteiger partial charge in [0.25, 0.3) is 0 Å². The van der Waals surface area contributed by atoms with Gasteiger partial charge in [-0.25, -0.2) is 0 Å². The molecule has 3 rings (SSSR count). The van der Waals surface area contributed by atoms with E-state index >= 15 is 0 Å². The van der Waals surface area contributed by atoms with Crippen molar-refractivity contribution in [3.63, 3.8) is 0 Å². The van der Waals surface area contributed by atoms with Crippen LogP contribution in [0.25, 0.3) is 0 Å². The highest BCUT2D eigenvalue weighted by Gasteiger charge is 2.21. The highest BCUT2D eigenvalue weighted by atomic mass is 16.7. The van der Waals surface area contributed by atoms with Crippen LogP contribution >= 0.6 is 0 Å². The first-order valence-electron chi connectivity index (χ1n) is 6.84. The van der Waals surface area contributed by atoms with Crippen molar-refractivity contribution < 1.29 is 18.9 Å². The fourth-order valence-electron chi connectivity index (χ4n) is 2.53. The van der Waals surface area contributed by atoms with Gasteiger partial charge in [0.2, 0.25) is 6.79 Å². The van der Waals surface area contributed by atoms with E-state index in [0.717, 1.165) is 28.6 Å². The molecule has 1 aliphatic heterocycles. The molecule has 0 saturated heterocycles. The number of hydrogen-bond donors (Lipinski definition) is 0. The van der Waals surface area contributed by atoms with Gasteiger partial charge in [-0.15, -0.1) is 0 Å². The number of methoxy groups -OCH3 is 2. The second-order valence-electron chi connectivity index (χ2n) is 4.94. The first kappa shape index (κ1) is 13.6. The van der Waals surface area contributed by atoms with Gasteiger partial charge in [0.05, 0.1) is 14.2 Å². The number of hydrogen-bond acceptors (Lipinski definition) is 4. The zero-order valence-electron chi connectivity index (χ0n) is 12.4. The molecule has 0 radical (unpaired) electrons. The molecule has 0 aromatic heterocycles. The molecule has 0 unspecified atom stereocenters. The second kappa shape index (κ2) is 5.56.